The Bertz CT molecular complexity index is 464. The highest BCUT2D eigenvalue weighted by atomic mass is 79.9. The maximum atomic E-state index is 12.3. The second-order valence-corrected chi connectivity index (χ2v) is 6.04. The van der Waals surface area contributed by atoms with Crippen molar-refractivity contribution in [1.29, 1.82) is 0 Å². The van der Waals surface area contributed by atoms with Crippen LogP contribution in [0.25, 0.3) is 0 Å². The van der Waals surface area contributed by atoms with Crippen LogP contribution in [0.4, 0.5) is 5.69 Å². The molecule has 1 aromatic carbocycles. The molecular weight excluding hydrogens is 316 g/mol. The summed E-state index contributed by atoms with van der Waals surface area (Å²) in [5.41, 5.74) is 0.848. The smallest absolute Gasteiger partial charge is 0.244 e. The van der Waals surface area contributed by atoms with Gasteiger partial charge in [-0.2, -0.15) is 0 Å². The monoisotopic (exact) mass is 330 g/mol. The first-order chi connectivity index (χ1) is 8.49. The highest BCUT2D eigenvalue weighted by Crippen LogP contribution is 2.32. The van der Waals surface area contributed by atoms with E-state index in [0.29, 0.717) is 11.1 Å². The average Bonchev–Trinajstić information content (AvgIpc) is 2.64. The van der Waals surface area contributed by atoms with Crippen LogP contribution in [0.2, 0.25) is 5.02 Å². The molecule has 1 aliphatic rings. The summed E-state index contributed by atoms with van der Waals surface area (Å²) in [5, 5.41) is 3.93. The summed E-state index contributed by atoms with van der Waals surface area (Å²) >= 11 is 9.46. The largest absolute Gasteiger partial charge is 0.310 e. The zero-order valence-electron chi connectivity index (χ0n) is 10.4. The van der Waals surface area contributed by atoms with Crippen LogP contribution < -0.4 is 10.2 Å². The maximum absolute atomic E-state index is 12.3. The molecule has 1 fully saturated rings. The van der Waals surface area contributed by atoms with Gasteiger partial charge in [0.2, 0.25) is 5.91 Å². The van der Waals surface area contributed by atoms with Crippen molar-refractivity contribution in [2.45, 2.75) is 32.4 Å². The number of benzene rings is 1. The van der Waals surface area contributed by atoms with E-state index in [1.165, 1.54) is 0 Å². The third kappa shape index (κ3) is 2.87. The van der Waals surface area contributed by atoms with Gasteiger partial charge in [-0.25, -0.2) is 0 Å². The molecule has 3 nitrogen and oxygen atoms in total. The van der Waals surface area contributed by atoms with Gasteiger partial charge in [0.05, 0.1) is 11.7 Å². The van der Waals surface area contributed by atoms with E-state index in [9.17, 15) is 4.79 Å². The SMILES string of the molecule is CC(C)NC1CCN(c2cc(Cl)ccc2Br)C1=O. The van der Waals surface area contributed by atoms with Crippen molar-refractivity contribution in [2.24, 2.45) is 0 Å². The van der Waals surface area contributed by atoms with E-state index in [0.717, 1.165) is 23.1 Å². The molecule has 1 saturated heterocycles. The zero-order chi connectivity index (χ0) is 13.3. The van der Waals surface area contributed by atoms with E-state index in [1.54, 1.807) is 11.0 Å². The predicted molar refractivity (Wildman–Crippen MR) is 78.2 cm³/mol. The molecule has 0 saturated carbocycles. The summed E-state index contributed by atoms with van der Waals surface area (Å²) in [4.78, 5) is 14.1. The predicted octanol–water partition coefficient (Wildman–Crippen LogP) is 3.21. The highest BCUT2D eigenvalue weighted by molar-refractivity contribution is 9.10. The molecule has 0 spiro atoms. The van der Waals surface area contributed by atoms with Crippen molar-refractivity contribution in [2.75, 3.05) is 11.4 Å². The van der Waals surface area contributed by atoms with Crippen LogP contribution in [-0.4, -0.2) is 24.5 Å². The number of nitrogens with one attached hydrogen (secondary N) is 1. The molecule has 0 aliphatic carbocycles. The van der Waals surface area contributed by atoms with E-state index < -0.39 is 0 Å². The van der Waals surface area contributed by atoms with E-state index in [4.69, 9.17) is 11.6 Å². The van der Waals surface area contributed by atoms with Gasteiger partial charge in [0.25, 0.3) is 0 Å². The molecule has 5 heteroatoms. The highest BCUT2D eigenvalue weighted by Gasteiger charge is 2.33. The minimum Gasteiger partial charge on any atom is -0.310 e. The number of amides is 1. The fourth-order valence-corrected chi connectivity index (χ4v) is 2.80. The number of carbonyl (C=O) groups excluding carboxylic acids is 1. The second kappa shape index (κ2) is 5.59. The fraction of sp³-hybridized carbons (Fsp3) is 0.462. The average molecular weight is 332 g/mol. The molecule has 1 unspecified atom stereocenters. The van der Waals surface area contributed by atoms with Gasteiger partial charge >= 0.3 is 0 Å². The van der Waals surface area contributed by atoms with Gasteiger partial charge in [0.1, 0.15) is 0 Å². The first-order valence-corrected chi connectivity index (χ1v) is 7.18. The quantitative estimate of drug-likeness (QED) is 0.922. The Morgan fingerprint density at radius 1 is 1.50 bits per heavy atom. The van der Waals surface area contributed by atoms with E-state index in [-0.39, 0.29) is 11.9 Å². The van der Waals surface area contributed by atoms with Crippen LogP contribution in [0.1, 0.15) is 20.3 Å². The summed E-state index contributed by atoms with van der Waals surface area (Å²) in [5.74, 6) is 0.117. The Hall–Kier alpha value is -0.580. The Kier molecular flexibility index (Phi) is 4.30. The summed E-state index contributed by atoms with van der Waals surface area (Å²) in [7, 11) is 0. The first kappa shape index (κ1) is 13.8. The molecule has 98 valence electrons. The normalized spacial score (nSPS) is 19.9. The molecule has 18 heavy (non-hydrogen) atoms. The summed E-state index contributed by atoms with van der Waals surface area (Å²) < 4.78 is 0.894. The lowest BCUT2D eigenvalue weighted by atomic mass is 10.2. The van der Waals surface area contributed by atoms with Gasteiger partial charge in [-0.05, 0) is 40.5 Å². The van der Waals surface area contributed by atoms with Gasteiger partial charge in [0, 0.05) is 22.1 Å². The van der Waals surface area contributed by atoms with Gasteiger partial charge in [-0.1, -0.05) is 25.4 Å². The molecule has 0 bridgehead atoms. The van der Waals surface area contributed by atoms with Crippen LogP contribution in [0.15, 0.2) is 22.7 Å². The number of carbonyl (C=O) groups is 1. The van der Waals surface area contributed by atoms with Crippen molar-refractivity contribution >= 4 is 39.1 Å². The van der Waals surface area contributed by atoms with Crippen molar-refractivity contribution in [3.8, 4) is 0 Å². The van der Waals surface area contributed by atoms with Gasteiger partial charge in [0.15, 0.2) is 0 Å². The number of nitrogens with zero attached hydrogens (tertiary/aromatic N) is 1. The lowest BCUT2D eigenvalue weighted by Crippen LogP contribution is -2.41. The number of hydrogen-bond acceptors (Lipinski definition) is 2. The molecule has 0 aromatic heterocycles. The second-order valence-electron chi connectivity index (χ2n) is 4.75. The van der Waals surface area contributed by atoms with Gasteiger partial charge in [-0.15, -0.1) is 0 Å². The van der Waals surface area contributed by atoms with Crippen LogP contribution in [0, 0.1) is 0 Å². The Labute approximate surface area is 121 Å². The van der Waals surface area contributed by atoms with Crippen molar-refractivity contribution in [3.05, 3.63) is 27.7 Å². The maximum Gasteiger partial charge on any atom is 0.244 e. The number of anilines is 1. The van der Waals surface area contributed by atoms with Gasteiger partial charge < -0.3 is 10.2 Å². The molecule has 1 aliphatic heterocycles. The van der Waals surface area contributed by atoms with Crippen molar-refractivity contribution < 1.29 is 4.79 Å². The number of halogens is 2. The van der Waals surface area contributed by atoms with E-state index in [1.807, 2.05) is 26.0 Å². The molecule has 1 amide bonds. The van der Waals surface area contributed by atoms with Crippen molar-refractivity contribution in [1.82, 2.24) is 5.32 Å². The van der Waals surface area contributed by atoms with Crippen LogP contribution >= 0.6 is 27.5 Å². The summed E-state index contributed by atoms with van der Waals surface area (Å²) in [6, 6.07) is 5.72. The topological polar surface area (TPSA) is 32.3 Å². The molecule has 0 radical (unpaired) electrons. The minimum absolute atomic E-state index is 0.0871. The van der Waals surface area contributed by atoms with E-state index in [2.05, 4.69) is 21.2 Å². The minimum atomic E-state index is -0.0871. The molecule has 1 heterocycles. The van der Waals surface area contributed by atoms with Gasteiger partial charge in [-0.3, -0.25) is 4.79 Å². The standard InChI is InChI=1S/C13H16BrClN2O/c1-8(2)16-11-5-6-17(13(11)18)12-7-9(15)3-4-10(12)14/h3-4,7-8,11,16H,5-6H2,1-2H3. The van der Waals surface area contributed by atoms with Crippen LogP contribution in [-0.2, 0) is 4.79 Å². The summed E-state index contributed by atoms with van der Waals surface area (Å²) in [6.45, 7) is 4.82. The lowest BCUT2D eigenvalue weighted by molar-refractivity contribution is -0.118. The molecule has 1 aromatic rings. The zero-order valence-corrected chi connectivity index (χ0v) is 12.8. The Balaban J connectivity index is 2.20. The van der Waals surface area contributed by atoms with E-state index >= 15 is 0 Å². The molecular formula is C13H16BrClN2O. The Morgan fingerprint density at radius 3 is 2.89 bits per heavy atom. The first-order valence-electron chi connectivity index (χ1n) is 6.01. The lowest BCUT2D eigenvalue weighted by Gasteiger charge is -2.20. The third-order valence-electron chi connectivity index (χ3n) is 2.94. The molecule has 1 atom stereocenters. The molecule has 1 N–H and O–H groups in total. The fourth-order valence-electron chi connectivity index (χ4n) is 2.17. The molecule has 2 rings (SSSR count). The summed E-state index contributed by atoms with van der Waals surface area (Å²) in [6.07, 6.45) is 0.829. The number of rotatable bonds is 3. The van der Waals surface area contributed by atoms with Crippen LogP contribution in [0.5, 0.6) is 0 Å². The Morgan fingerprint density at radius 2 is 2.22 bits per heavy atom. The van der Waals surface area contributed by atoms with Crippen molar-refractivity contribution in [3.63, 3.8) is 0 Å². The third-order valence-corrected chi connectivity index (χ3v) is 3.84. The van der Waals surface area contributed by atoms with Crippen LogP contribution in [0.3, 0.4) is 0 Å². The number of hydrogen-bond donors (Lipinski definition) is 1.